The van der Waals surface area contributed by atoms with Gasteiger partial charge in [-0.15, -0.1) is 0 Å². The molecule has 0 unspecified atom stereocenters. The predicted molar refractivity (Wildman–Crippen MR) is 41.4 cm³/mol. The van der Waals surface area contributed by atoms with Gasteiger partial charge in [-0.25, -0.2) is 0 Å². The third kappa shape index (κ3) is 1.56. The highest BCUT2D eigenvalue weighted by Gasteiger charge is 1.91. The number of aromatic nitrogens is 1. The highest BCUT2D eigenvalue weighted by atomic mass is 35.5. The van der Waals surface area contributed by atoms with Gasteiger partial charge in [0.05, 0.1) is 11.6 Å². The number of halogens is 1. The lowest BCUT2D eigenvalue weighted by atomic mass is 10.3. The van der Waals surface area contributed by atoms with E-state index in [0.717, 1.165) is 0 Å². The maximum Gasteiger partial charge on any atom is 0.108 e. The summed E-state index contributed by atoms with van der Waals surface area (Å²) in [6.45, 7) is 0. The van der Waals surface area contributed by atoms with E-state index < -0.39 is 0 Å². The molecular formula is C6H3ClN2S. The van der Waals surface area contributed by atoms with Crippen molar-refractivity contribution in [1.82, 2.24) is 4.98 Å². The highest BCUT2D eigenvalue weighted by Crippen LogP contribution is 2.06. The van der Waals surface area contributed by atoms with Crippen LogP contribution in [0.25, 0.3) is 0 Å². The van der Waals surface area contributed by atoms with Crippen molar-refractivity contribution in [1.29, 1.82) is 5.26 Å². The first kappa shape index (κ1) is 7.26. The molecule has 2 nitrogen and oxygen atoms in total. The topological polar surface area (TPSA) is 39.6 Å². The Labute approximate surface area is 68.1 Å². The van der Waals surface area contributed by atoms with Gasteiger partial charge in [0.2, 0.25) is 0 Å². The second kappa shape index (κ2) is 2.82. The molecule has 0 fully saturated rings. The van der Waals surface area contributed by atoms with Gasteiger partial charge in [-0.2, -0.15) is 5.26 Å². The lowest BCUT2D eigenvalue weighted by molar-refractivity contribution is 1.28. The van der Waals surface area contributed by atoms with E-state index in [1.165, 1.54) is 6.07 Å². The van der Waals surface area contributed by atoms with Gasteiger partial charge in [-0.1, -0.05) is 23.8 Å². The number of nitrogens with zero attached hydrogens (tertiary/aromatic N) is 1. The van der Waals surface area contributed by atoms with Crippen molar-refractivity contribution in [2.75, 3.05) is 0 Å². The Morgan fingerprint density at radius 3 is 2.80 bits per heavy atom. The molecule has 1 heterocycles. The van der Waals surface area contributed by atoms with Crippen LogP contribution in [0.2, 0.25) is 5.15 Å². The van der Waals surface area contributed by atoms with Crippen LogP contribution >= 0.6 is 23.8 Å². The molecule has 4 heteroatoms. The van der Waals surface area contributed by atoms with Gasteiger partial charge >= 0.3 is 0 Å². The van der Waals surface area contributed by atoms with Crippen molar-refractivity contribution >= 4 is 23.8 Å². The molecular weight excluding hydrogens is 168 g/mol. The molecule has 0 aromatic carbocycles. The number of aromatic amines is 1. The summed E-state index contributed by atoms with van der Waals surface area (Å²) in [7, 11) is 0. The summed E-state index contributed by atoms with van der Waals surface area (Å²) in [5, 5.41) is 8.81. The van der Waals surface area contributed by atoms with Crippen molar-refractivity contribution < 1.29 is 0 Å². The van der Waals surface area contributed by atoms with Crippen LogP contribution in [0.4, 0.5) is 0 Å². The average molecular weight is 171 g/mol. The molecule has 10 heavy (non-hydrogen) atoms. The molecule has 0 aliphatic rings. The summed E-state index contributed by atoms with van der Waals surface area (Å²) < 4.78 is 0.476. The molecule has 0 bridgehead atoms. The van der Waals surface area contributed by atoms with E-state index in [1.807, 2.05) is 6.07 Å². The normalized spacial score (nSPS) is 8.80. The Bertz CT molecular complexity index is 336. The standard InChI is InChI=1S/C6H3ClN2S/c7-5-1-4(3-8)2-6(10)9-5/h1-2H,(H,9,10). The molecule has 50 valence electrons. The summed E-state index contributed by atoms with van der Waals surface area (Å²) >= 11 is 10.3. The summed E-state index contributed by atoms with van der Waals surface area (Å²) in [6, 6.07) is 5.02. The van der Waals surface area contributed by atoms with Crippen molar-refractivity contribution in [3.05, 3.63) is 27.5 Å². The van der Waals surface area contributed by atoms with Crippen molar-refractivity contribution in [3.8, 4) is 6.07 Å². The summed E-state index contributed by atoms with van der Waals surface area (Å²) in [4.78, 5) is 2.67. The number of hydrogen-bond acceptors (Lipinski definition) is 2. The summed E-state index contributed by atoms with van der Waals surface area (Å²) in [6.07, 6.45) is 0. The van der Waals surface area contributed by atoms with Crippen LogP contribution in [0.3, 0.4) is 0 Å². The van der Waals surface area contributed by atoms with Crippen molar-refractivity contribution in [3.63, 3.8) is 0 Å². The second-order valence-electron chi connectivity index (χ2n) is 1.69. The molecule has 1 rings (SSSR count). The van der Waals surface area contributed by atoms with Gasteiger partial charge in [0, 0.05) is 0 Å². The maximum atomic E-state index is 8.42. The molecule has 0 radical (unpaired) electrons. The molecule has 0 saturated heterocycles. The molecule has 0 saturated carbocycles. The molecule has 0 atom stereocenters. The number of H-pyrrole nitrogens is 1. The van der Waals surface area contributed by atoms with Crippen LogP contribution in [-0.2, 0) is 0 Å². The zero-order valence-corrected chi connectivity index (χ0v) is 6.46. The van der Waals surface area contributed by atoms with Crippen molar-refractivity contribution in [2.45, 2.75) is 0 Å². The Hall–Kier alpha value is -0.850. The zero-order chi connectivity index (χ0) is 7.56. The quantitative estimate of drug-likeness (QED) is 0.479. The number of nitrogens with one attached hydrogen (secondary N) is 1. The van der Waals surface area contributed by atoms with E-state index in [2.05, 4.69) is 4.98 Å². The van der Waals surface area contributed by atoms with Crippen molar-refractivity contribution in [2.24, 2.45) is 0 Å². The monoisotopic (exact) mass is 170 g/mol. The van der Waals surface area contributed by atoms with Crippen LogP contribution < -0.4 is 0 Å². The van der Waals surface area contributed by atoms with Gasteiger partial charge in [-0.05, 0) is 12.1 Å². The summed E-state index contributed by atoms with van der Waals surface area (Å²) in [5.41, 5.74) is 0.480. The highest BCUT2D eigenvalue weighted by molar-refractivity contribution is 7.71. The van der Waals surface area contributed by atoms with Crippen LogP contribution in [0.1, 0.15) is 5.56 Å². The number of rotatable bonds is 0. The van der Waals surface area contributed by atoms with E-state index in [0.29, 0.717) is 15.4 Å². The molecule has 0 aliphatic heterocycles. The molecule has 1 aromatic rings. The molecule has 1 aromatic heterocycles. The Kier molecular flexibility index (Phi) is 2.05. The average Bonchev–Trinajstić information content (AvgIpc) is 1.85. The van der Waals surface area contributed by atoms with Crippen LogP contribution in [0.15, 0.2) is 12.1 Å². The van der Waals surface area contributed by atoms with Crippen LogP contribution in [-0.4, -0.2) is 4.98 Å². The fourth-order valence-corrected chi connectivity index (χ4v) is 1.09. The minimum atomic E-state index is 0.393. The molecule has 0 aliphatic carbocycles. The van der Waals surface area contributed by atoms with Gasteiger partial charge in [-0.3, -0.25) is 0 Å². The Morgan fingerprint density at radius 2 is 2.30 bits per heavy atom. The van der Waals surface area contributed by atoms with Gasteiger partial charge in [0.1, 0.15) is 9.79 Å². The largest absolute Gasteiger partial charge is 0.337 e. The van der Waals surface area contributed by atoms with E-state index in [9.17, 15) is 0 Å². The first-order chi connectivity index (χ1) is 4.72. The van der Waals surface area contributed by atoms with E-state index in [4.69, 9.17) is 29.1 Å². The lowest BCUT2D eigenvalue weighted by Gasteiger charge is -1.89. The fourth-order valence-electron chi connectivity index (χ4n) is 0.574. The van der Waals surface area contributed by atoms with E-state index in [1.54, 1.807) is 6.07 Å². The van der Waals surface area contributed by atoms with Gasteiger partial charge < -0.3 is 4.98 Å². The first-order valence-electron chi connectivity index (χ1n) is 2.52. The van der Waals surface area contributed by atoms with Crippen LogP contribution in [0, 0.1) is 16.0 Å². The first-order valence-corrected chi connectivity index (χ1v) is 3.31. The SMILES string of the molecule is N#Cc1cc(Cl)[nH]c(=S)c1. The molecule has 1 N–H and O–H groups in total. The Balaban J connectivity index is 3.36. The second-order valence-corrected chi connectivity index (χ2v) is 2.54. The molecule has 0 spiro atoms. The lowest BCUT2D eigenvalue weighted by Crippen LogP contribution is -1.78. The third-order valence-corrected chi connectivity index (χ3v) is 1.36. The minimum absolute atomic E-state index is 0.393. The smallest absolute Gasteiger partial charge is 0.108 e. The number of hydrogen-bond donors (Lipinski definition) is 1. The van der Waals surface area contributed by atoms with Gasteiger partial charge in [0.15, 0.2) is 0 Å². The fraction of sp³-hybridized carbons (Fsp3) is 0. The minimum Gasteiger partial charge on any atom is -0.337 e. The summed E-state index contributed by atoms with van der Waals surface area (Å²) in [5.74, 6) is 0. The van der Waals surface area contributed by atoms with E-state index in [-0.39, 0.29) is 0 Å². The zero-order valence-electron chi connectivity index (χ0n) is 4.89. The van der Waals surface area contributed by atoms with Gasteiger partial charge in [0.25, 0.3) is 0 Å². The van der Waals surface area contributed by atoms with Crippen LogP contribution in [0.5, 0.6) is 0 Å². The number of pyridine rings is 1. The van der Waals surface area contributed by atoms with E-state index >= 15 is 0 Å². The Morgan fingerprint density at radius 1 is 1.60 bits per heavy atom. The third-order valence-electron chi connectivity index (χ3n) is 0.941. The predicted octanol–water partition coefficient (Wildman–Crippen LogP) is 2.27. The maximum absolute atomic E-state index is 8.42. The number of nitriles is 1. The molecule has 0 amide bonds.